The zero-order valence-corrected chi connectivity index (χ0v) is 23.3. The van der Waals surface area contributed by atoms with Gasteiger partial charge in [0.15, 0.2) is 0 Å². The highest BCUT2D eigenvalue weighted by molar-refractivity contribution is 6.76. The maximum Gasteiger partial charge on any atom is 0.271 e. The van der Waals surface area contributed by atoms with Gasteiger partial charge in [-0.15, -0.1) is 0 Å². The van der Waals surface area contributed by atoms with E-state index in [2.05, 4.69) is 35.0 Å². The highest BCUT2D eigenvalue weighted by atomic mass is 35.5. The number of hydrogen-bond acceptors (Lipinski definition) is 5. The van der Waals surface area contributed by atoms with Crippen molar-refractivity contribution < 1.29 is 13.9 Å². The largest absolute Gasteiger partial charge is 0.361 e. The van der Waals surface area contributed by atoms with Crippen LogP contribution in [0.5, 0.6) is 0 Å². The van der Waals surface area contributed by atoms with Crippen LogP contribution in [0.2, 0.25) is 30.7 Å². The molecule has 0 spiro atoms. The Labute approximate surface area is 222 Å². The van der Waals surface area contributed by atoms with Crippen molar-refractivity contribution in [3.8, 4) is 17.3 Å². The molecule has 11 heteroatoms. The molecule has 1 aromatic carbocycles. The first kappa shape index (κ1) is 27.0. The van der Waals surface area contributed by atoms with E-state index in [4.69, 9.17) is 21.6 Å². The number of amides is 1. The lowest BCUT2D eigenvalue weighted by Gasteiger charge is -2.16. The predicted molar refractivity (Wildman–Crippen MR) is 143 cm³/mol. The SMILES string of the molecule is C[C@@H](Cn1ccc(-c2cc(F)c(C#N)c(Cl)c2)n1)NC(=O)c1cn(COCC[Si](C)(C)C)c(C2CC2)n1. The topological polar surface area (TPSA) is 97.8 Å². The lowest BCUT2D eigenvalue weighted by molar-refractivity contribution is 0.0849. The molecule has 37 heavy (non-hydrogen) atoms. The molecule has 2 aromatic heterocycles. The molecule has 2 heterocycles. The summed E-state index contributed by atoms with van der Waals surface area (Å²) in [6.45, 7) is 10.4. The van der Waals surface area contributed by atoms with Crippen molar-refractivity contribution in [1.29, 1.82) is 5.26 Å². The fourth-order valence-electron chi connectivity index (χ4n) is 3.92. The van der Waals surface area contributed by atoms with Crippen LogP contribution >= 0.6 is 11.6 Å². The Hall–Kier alpha value is -3.00. The molecule has 0 saturated heterocycles. The number of rotatable bonds is 11. The van der Waals surface area contributed by atoms with Gasteiger partial charge in [0, 0.05) is 44.6 Å². The standard InChI is InChI=1S/C26H32ClFN6O2Si/c1-17(14-34-8-7-23(32-34)19-11-21(27)20(13-29)22(28)12-19)30-26(35)24-15-33(25(31-24)18-5-6-18)16-36-9-10-37(2,3)4/h7-8,11-12,15,17-18H,5-6,9-10,14,16H2,1-4H3,(H,30,35)/t17-/m0/s1. The van der Waals surface area contributed by atoms with Crippen LogP contribution in [-0.4, -0.2) is 46.0 Å². The summed E-state index contributed by atoms with van der Waals surface area (Å²) in [5, 5.41) is 16.5. The highest BCUT2D eigenvalue weighted by Gasteiger charge is 2.30. The van der Waals surface area contributed by atoms with Crippen molar-refractivity contribution in [1.82, 2.24) is 24.6 Å². The average Bonchev–Trinajstić information content (AvgIpc) is 3.39. The van der Waals surface area contributed by atoms with Gasteiger partial charge in [-0.1, -0.05) is 31.2 Å². The van der Waals surface area contributed by atoms with E-state index in [9.17, 15) is 9.18 Å². The van der Waals surface area contributed by atoms with E-state index in [0.29, 0.717) is 42.8 Å². The summed E-state index contributed by atoms with van der Waals surface area (Å²) in [6.07, 6.45) is 5.69. The maximum atomic E-state index is 14.1. The number of hydrogen-bond donors (Lipinski definition) is 1. The van der Waals surface area contributed by atoms with Crippen LogP contribution in [-0.2, 0) is 18.0 Å². The molecule has 1 amide bonds. The first-order valence-corrected chi connectivity index (χ1v) is 16.5. The van der Waals surface area contributed by atoms with Gasteiger partial charge in [0.1, 0.15) is 35.7 Å². The lowest BCUT2D eigenvalue weighted by atomic mass is 10.1. The highest BCUT2D eigenvalue weighted by Crippen LogP contribution is 2.39. The summed E-state index contributed by atoms with van der Waals surface area (Å²) >= 11 is 6.02. The molecule has 3 aromatic rings. The van der Waals surface area contributed by atoms with Gasteiger partial charge in [-0.3, -0.25) is 9.48 Å². The van der Waals surface area contributed by atoms with Crippen LogP contribution < -0.4 is 5.32 Å². The van der Waals surface area contributed by atoms with E-state index >= 15 is 0 Å². The van der Waals surface area contributed by atoms with Crippen molar-refractivity contribution in [2.24, 2.45) is 0 Å². The van der Waals surface area contributed by atoms with E-state index in [1.54, 1.807) is 29.2 Å². The van der Waals surface area contributed by atoms with Gasteiger partial charge in [0.05, 0.1) is 17.3 Å². The molecule has 1 atom stereocenters. The normalized spacial score (nSPS) is 14.4. The van der Waals surface area contributed by atoms with Crippen LogP contribution in [0.15, 0.2) is 30.6 Å². The van der Waals surface area contributed by atoms with Crippen molar-refractivity contribution in [2.45, 2.75) is 70.7 Å². The minimum Gasteiger partial charge on any atom is -0.361 e. The molecule has 1 N–H and O–H groups in total. The van der Waals surface area contributed by atoms with Crippen molar-refractivity contribution >= 4 is 25.6 Å². The first-order chi connectivity index (χ1) is 17.5. The van der Waals surface area contributed by atoms with Gasteiger partial charge >= 0.3 is 0 Å². The summed E-state index contributed by atoms with van der Waals surface area (Å²) in [7, 11) is -1.16. The molecular formula is C26H32ClFN6O2Si. The van der Waals surface area contributed by atoms with Crippen LogP contribution in [0.4, 0.5) is 4.39 Å². The Morgan fingerprint density at radius 3 is 2.78 bits per heavy atom. The first-order valence-electron chi connectivity index (χ1n) is 12.4. The Kier molecular flexibility index (Phi) is 8.16. The van der Waals surface area contributed by atoms with Crippen LogP contribution in [0, 0.1) is 17.1 Å². The molecule has 196 valence electrons. The van der Waals surface area contributed by atoms with Crippen molar-refractivity contribution in [3.63, 3.8) is 0 Å². The number of imidazole rings is 1. The Morgan fingerprint density at radius 2 is 2.14 bits per heavy atom. The summed E-state index contributed by atoms with van der Waals surface area (Å²) < 4.78 is 23.7. The van der Waals surface area contributed by atoms with E-state index < -0.39 is 13.9 Å². The van der Waals surface area contributed by atoms with E-state index in [-0.39, 0.29) is 22.5 Å². The third kappa shape index (κ3) is 7.06. The fourth-order valence-corrected chi connectivity index (χ4v) is 4.93. The van der Waals surface area contributed by atoms with Gasteiger partial charge in [0.25, 0.3) is 5.91 Å². The number of carbonyl (C=O) groups is 1. The third-order valence-corrected chi connectivity index (χ3v) is 8.14. The fraction of sp³-hybridized carbons (Fsp3) is 0.462. The van der Waals surface area contributed by atoms with Crippen LogP contribution in [0.25, 0.3) is 11.3 Å². The second-order valence-corrected chi connectivity index (χ2v) is 16.8. The predicted octanol–water partition coefficient (Wildman–Crippen LogP) is 5.42. The summed E-state index contributed by atoms with van der Waals surface area (Å²) in [4.78, 5) is 17.6. The molecule has 0 aliphatic heterocycles. The van der Waals surface area contributed by atoms with E-state index in [1.807, 2.05) is 11.5 Å². The Bertz CT molecular complexity index is 1300. The zero-order valence-electron chi connectivity index (χ0n) is 21.6. The van der Waals surface area contributed by atoms with Crippen molar-refractivity contribution in [2.75, 3.05) is 6.61 Å². The Morgan fingerprint density at radius 1 is 1.38 bits per heavy atom. The minimum absolute atomic E-state index is 0.0409. The number of aromatic nitrogens is 4. The molecule has 0 radical (unpaired) electrons. The van der Waals surface area contributed by atoms with Crippen molar-refractivity contribution in [3.05, 3.63) is 58.5 Å². The smallest absolute Gasteiger partial charge is 0.271 e. The van der Waals surface area contributed by atoms with E-state index in [1.165, 1.54) is 12.1 Å². The maximum absolute atomic E-state index is 14.1. The van der Waals surface area contributed by atoms with Gasteiger partial charge in [-0.25, -0.2) is 9.37 Å². The Balaban J connectivity index is 1.36. The molecule has 0 bridgehead atoms. The number of halogens is 2. The molecule has 1 saturated carbocycles. The second kappa shape index (κ2) is 11.2. The summed E-state index contributed by atoms with van der Waals surface area (Å²) in [6, 6.07) is 7.10. The molecule has 0 unspecified atom stereocenters. The summed E-state index contributed by atoms with van der Waals surface area (Å²) in [5.74, 6) is 0.369. The van der Waals surface area contributed by atoms with E-state index in [0.717, 1.165) is 24.7 Å². The molecule has 8 nitrogen and oxygen atoms in total. The number of nitrogens with zero attached hydrogens (tertiary/aromatic N) is 5. The lowest BCUT2D eigenvalue weighted by Crippen LogP contribution is -2.36. The molecule has 1 aliphatic rings. The molecule has 1 fully saturated rings. The van der Waals surface area contributed by atoms with Gasteiger partial charge in [0.2, 0.25) is 0 Å². The molecular weight excluding hydrogens is 511 g/mol. The second-order valence-electron chi connectivity index (χ2n) is 10.8. The number of ether oxygens (including phenoxy) is 1. The number of carbonyl (C=O) groups excluding carboxylic acids is 1. The van der Waals surface area contributed by atoms with Crippen LogP contribution in [0.1, 0.15) is 47.6 Å². The number of nitrogens with one attached hydrogen (secondary N) is 1. The average molecular weight is 543 g/mol. The van der Waals surface area contributed by atoms with Crippen LogP contribution in [0.3, 0.4) is 0 Å². The third-order valence-electron chi connectivity index (χ3n) is 6.14. The quantitative estimate of drug-likeness (QED) is 0.258. The van der Waals surface area contributed by atoms with Gasteiger partial charge in [-0.05, 0) is 44.0 Å². The molecule has 4 rings (SSSR count). The number of nitriles is 1. The molecule has 1 aliphatic carbocycles. The summed E-state index contributed by atoms with van der Waals surface area (Å²) in [5.41, 5.74) is 1.19. The van der Waals surface area contributed by atoms with Gasteiger partial charge < -0.3 is 14.6 Å². The van der Waals surface area contributed by atoms with Gasteiger partial charge in [-0.2, -0.15) is 10.4 Å². The minimum atomic E-state index is -1.16. The number of benzene rings is 1. The zero-order chi connectivity index (χ0) is 26.7. The monoisotopic (exact) mass is 542 g/mol.